The normalized spacial score (nSPS) is 18.0. The summed E-state index contributed by atoms with van der Waals surface area (Å²) in [6, 6.07) is 5.95. The van der Waals surface area contributed by atoms with Crippen LogP contribution in [0.3, 0.4) is 0 Å². The molecule has 144 valence electrons. The van der Waals surface area contributed by atoms with Crippen LogP contribution >= 0.6 is 0 Å². The highest BCUT2D eigenvalue weighted by Crippen LogP contribution is 2.37. The second-order valence-electron chi connectivity index (χ2n) is 7.52. The van der Waals surface area contributed by atoms with E-state index in [0.717, 1.165) is 23.2 Å². The lowest BCUT2D eigenvalue weighted by atomic mass is 9.75. The Hall–Kier alpha value is -1.53. The van der Waals surface area contributed by atoms with E-state index in [2.05, 4.69) is 6.92 Å². The molecular weight excluding hydrogens is 331 g/mol. The van der Waals surface area contributed by atoms with Gasteiger partial charge in [0.1, 0.15) is 5.75 Å². The van der Waals surface area contributed by atoms with Gasteiger partial charge in [0.2, 0.25) is 0 Å². The molecule has 1 aliphatic heterocycles. The predicted molar refractivity (Wildman–Crippen MR) is 103 cm³/mol. The number of benzene rings is 1. The Morgan fingerprint density at radius 3 is 2.35 bits per heavy atom. The first-order valence-corrected chi connectivity index (χ1v) is 9.47. The molecule has 0 aromatic heterocycles. The van der Waals surface area contributed by atoms with Gasteiger partial charge in [-0.25, -0.2) is 0 Å². The lowest BCUT2D eigenvalue weighted by Crippen LogP contribution is -2.41. The molecule has 0 bridgehead atoms. The van der Waals surface area contributed by atoms with Gasteiger partial charge in [-0.3, -0.25) is 4.79 Å². The molecule has 0 amide bonds. The van der Waals surface area contributed by atoms with Crippen LogP contribution < -0.4 is 10.2 Å². The van der Waals surface area contributed by atoms with Crippen molar-refractivity contribution in [1.29, 1.82) is 0 Å². The van der Waals surface area contributed by atoms with E-state index in [-0.39, 0.29) is 17.2 Å². The van der Waals surface area contributed by atoms with Gasteiger partial charge in [-0.15, -0.1) is 0 Å². The van der Waals surface area contributed by atoms with Crippen molar-refractivity contribution >= 4 is 18.6 Å². The number of carbonyl (C=O) groups excluding carboxylic acids is 1. The maximum atomic E-state index is 11.4. The number of esters is 1. The summed E-state index contributed by atoms with van der Waals surface area (Å²) in [5.41, 5.74) is 1.34. The number of carbonyl (C=O) groups is 1. The minimum atomic E-state index is -0.405. The fraction of sp³-hybridized carbons (Fsp3) is 0.650. The first-order chi connectivity index (χ1) is 12.2. The maximum absolute atomic E-state index is 11.4. The van der Waals surface area contributed by atoms with Gasteiger partial charge in [0.15, 0.2) is 0 Å². The molecular formula is C20H31BO5. The van der Waals surface area contributed by atoms with Crippen molar-refractivity contribution in [2.45, 2.75) is 72.0 Å². The number of hydrogen-bond acceptors (Lipinski definition) is 5. The SMILES string of the molecule is CCOC(=O)CCCOc1cccc(B2OC(C)(C)C(C)(C)O2)c1CC. The second-order valence-corrected chi connectivity index (χ2v) is 7.52. The predicted octanol–water partition coefficient (Wildman–Crippen LogP) is 3.27. The van der Waals surface area contributed by atoms with Crippen molar-refractivity contribution in [3.63, 3.8) is 0 Å². The second kappa shape index (κ2) is 8.44. The molecule has 1 aliphatic rings. The molecule has 0 radical (unpaired) electrons. The van der Waals surface area contributed by atoms with Crippen LogP contribution in [0.5, 0.6) is 5.75 Å². The van der Waals surface area contributed by atoms with Gasteiger partial charge in [-0.05, 0) is 64.6 Å². The summed E-state index contributed by atoms with van der Waals surface area (Å²) in [4.78, 5) is 11.4. The molecule has 0 spiro atoms. The highest BCUT2D eigenvalue weighted by atomic mass is 16.7. The monoisotopic (exact) mass is 362 g/mol. The Morgan fingerprint density at radius 1 is 1.12 bits per heavy atom. The van der Waals surface area contributed by atoms with E-state index in [0.29, 0.717) is 26.1 Å². The molecule has 1 fully saturated rings. The van der Waals surface area contributed by atoms with Crippen LogP contribution in [0.1, 0.15) is 59.9 Å². The van der Waals surface area contributed by atoms with Gasteiger partial charge in [0.05, 0.1) is 24.4 Å². The first-order valence-electron chi connectivity index (χ1n) is 9.47. The molecule has 1 saturated heterocycles. The van der Waals surface area contributed by atoms with Crippen LogP contribution in [-0.4, -0.2) is 37.5 Å². The molecule has 5 nitrogen and oxygen atoms in total. The molecule has 0 aliphatic carbocycles. The third kappa shape index (κ3) is 4.60. The lowest BCUT2D eigenvalue weighted by molar-refractivity contribution is -0.143. The lowest BCUT2D eigenvalue weighted by Gasteiger charge is -2.32. The Bertz CT molecular complexity index is 611. The van der Waals surface area contributed by atoms with E-state index in [4.69, 9.17) is 18.8 Å². The fourth-order valence-electron chi connectivity index (χ4n) is 2.92. The topological polar surface area (TPSA) is 54.0 Å². The summed E-state index contributed by atoms with van der Waals surface area (Å²) in [7, 11) is -0.405. The number of rotatable bonds is 8. The van der Waals surface area contributed by atoms with Crippen molar-refractivity contribution in [2.24, 2.45) is 0 Å². The quantitative estimate of drug-likeness (QED) is 0.404. The minimum Gasteiger partial charge on any atom is -0.493 e. The number of hydrogen-bond donors (Lipinski definition) is 0. The Labute approximate surface area is 157 Å². The summed E-state index contributed by atoms with van der Waals surface area (Å²) in [6.45, 7) is 13.0. The van der Waals surface area contributed by atoms with E-state index < -0.39 is 7.12 Å². The zero-order valence-electron chi connectivity index (χ0n) is 16.9. The average molecular weight is 362 g/mol. The maximum Gasteiger partial charge on any atom is 0.495 e. The summed E-state index contributed by atoms with van der Waals surface area (Å²) in [5.74, 6) is 0.640. The average Bonchev–Trinajstić information content (AvgIpc) is 2.79. The van der Waals surface area contributed by atoms with Crippen molar-refractivity contribution in [2.75, 3.05) is 13.2 Å². The van der Waals surface area contributed by atoms with Crippen LogP contribution in [0.15, 0.2) is 18.2 Å². The molecule has 0 N–H and O–H groups in total. The fourth-order valence-corrected chi connectivity index (χ4v) is 2.92. The molecule has 1 aromatic carbocycles. The third-order valence-corrected chi connectivity index (χ3v) is 5.12. The molecule has 1 heterocycles. The van der Waals surface area contributed by atoms with Gasteiger partial charge >= 0.3 is 13.1 Å². The Balaban J connectivity index is 2.07. The summed E-state index contributed by atoms with van der Waals surface area (Å²) in [6.07, 6.45) is 1.81. The minimum absolute atomic E-state index is 0.183. The van der Waals surface area contributed by atoms with Crippen LogP contribution in [0.4, 0.5) is 0 Å². The number of ether oxygens (including phenoxy) is 2. The molecule has 2 rings (SSSR count). The van der Waals surface area contributed by atoms with E-state index in [1.165, 1.54) is 0 Å². The third-order valence-electron chi connectivity index (χ3n) is 5.12. The van der Waals surface area contributed by atoms with Crippen molar-refractivity contribution < 1.29 is 23.6 Å². The molecule has 26 heavy (non-hydrogen) atoms. The van der Waals surface area contributed by atoms with Gasteiger partial charge in [0, 0.05) is 6.42 Å². The van der Waals surface area contributed by atoms with E-state index in [9.17, 15) is 4.79 Å². The van der Waals surface area contributed by atoms with E-state index in [1.807, 2.05) is 52.8 Å². The summed E-state index contributed by atoms with van der Waals surface area (Å²) >= 11 is 0. The van der Waals surface area contributed by atoms with Crippen molar-refractivity contribution in [3.8, 4) is 5.75 Å². The van der Waals surface area contributed by atoms with Gasteiger partial charge in [-0.2, -0.15) is 0 Å². The zero-order valence-corrected chi connectivity index (χ0v) is 16.9. The molecule has 0 saturated carbocycles. The summed E-state index contributed by atoms with van der Waals surface area (Å²) in [5, 5.41) is 0. The highest BCUT2D eigenvalue weighted by molar-refractivity contribution is 6.62. The van der Waals surface area contributed by atoms with E-state index >= 15 is 0 Å². The zero-order chi connectivity index (χ0) is 19.4. The van der Waals surface area contributed by atoms with Gasteiger partial charge in [-0.1, -0.05) is 19.1 Å². The van der Waals surface area contributed by atoms with Crippen LogP contribution in [0, 0.1) is 0 Å². The van der Waals surface area contributed by atoms with E-state index in [1.54, 1.807) is 0 Å². The van der Waals surface area contributed by atoms with Gasteiger partial charge < -0.3 is 18.8 Å². The highest BCUT2D eigenvalue weighted by Gasteiger charge is 2.52. The molecule has 0 atom stereocenters. The standard InChI is InChI=1S/C20H31BO5/c1-7-15-16(21-25-19(3,4)20(5,6)26-21)11-9-12-17(15)24-14-10-13-18(22)23-8-2/h9,11-12H,7-8,10,13-14H2,1-6H3. The molecule has 1 aromatic rings. The van der Waals surface area contributed by atoms with Crippen LogP contribution in [-0.2, 0) is 25.3 Å². The van der Waals surface area contributed by atoms with Crippen molar-refractivity contribution in [3.05, 3.63) is 23.8 Å². The Kier molecular flexibility index (Phi) is 6.75. The van der Waals surface area contributed by atoms with Crippen LogP contribution in [0.2, 0.25) is 0 Å². The van der Waals surface area contributed by atoms with Gasteiger partial charge in [0.25, 0.3) is 0 Å². The smallest absolute Gasteiger partial charge is 0.493 e. The molecule has 0 unspecified atom stereocenters. The summed E-state index contributed by atoms with van der Waals surface area (Å²) < 4.78 is 23.3. The van der Waals surface area contributed by atoms with Crippen LogP contribution in [0.25, 0.3) is 0 Å². The first kappa shape index (κ1) is 20.8. The largest absolute Gasteiger partial charge is 0.495 e. The Morgan fingerprint density at radius 2 is 1.77 bits per heavy atom. The van der Waals surface area contributed by atoms with Crippen molar-refractivity contribution in [1.82, 2.24) is 0 Å². The molecule has 6 heteroatoms.